The molecule has 142 valence electrons. The first-order valence-electron chi connectivity index (χ1n) is 9.46. The molecule has 28 heavy (non-hydrogen) atoms. The highest BCUT2D eigenvalue weighted by atomic mass is 16.2. The maximum absolute atomic E-state index is 11.6. The molecule has 2 aromatic carbocycles. The monoisotopic (exact) mass is 373 g/mol. The van der Waals surface area contributed by atoms with E-state index in [0.717, 1.165) is 36.0 Å². The standard InChI is InChI=1S/C22H23N5O/c1-17(28)26-12-14-27(15-13-26)21-16-20(23-19-10-6-3-7-11-19)24-22(25-21)18-8-4-2-5-9-18/h2-11,16H,12-15H2,1H3,(H,23,24,25). The zero-order chi connectivity index (χ0) is 19.3. The highest BCUT2D eigenvalue weighted by Crippen LogP contribution is 2.25. The van der Waals surface area contributed by atoms with Gasteiger partial charge in [-0.1, -0.05) is 48.5 Å². The Bertz CT molecular complexity index is 938. The number of carbonyl (C=O) groups excluding carboxylic acids is 1. The maximum Gasteiger partial charge on any atom is 0.219 e. The van der Waals surface area contributed by atoms with Gasteiger partial charge in [0.1, 0.15) is 11.6 Å². The number of carbonyl (C=O) groups is 1. The largest absolute Gasteiger partial charge is 0.353 e. The summed E-state index contributed by atoms with van der Waals surface area (Å²) >= 11 is 0. The number of nitrogens with one attached hydrogen (secondary N) is 1. The third-order valence-electron chi connectivity index (χ3n) is 4.84. The van der Waals surface area contributed by atoms with Gasteiger partial charge in [-0.3, -0.25) is 4.79 Å². The number of anilines is 3. The number of hydrogen-bond donors (Lipinski definition) is 1. The summed E-state index contributed by atoms with van der Waals surface area (Å²) in [4.78, 5) is 25.2. The van der Waals surface area contributed by atoms with Crippen LogP contribution in [0.1, 0.15) is 6.92 Å². The molecule has 6 nitrogen and oxygen atoms in total. The van der Waals surface area contributed by atoms with Crippen LogP contribution in [0.4, 0.5) is 17.3 Å². The average Bonchev–Trinajstić information content (AvgIpc) is 2.75. The Morgan fingerprint density at radius 1 is 0.893 bits per heavy atom. The van der Waals surface area contributed by atoms with Crippen molar-refractivity contribution < 1.29 is 4.79 Å². The molecule has 1 amide bonds. The zero-order valence-corrected chi connectivity index (χ0v) is 15.9. The number of rotatable bonds is 4. The molecule has 1 N–H and O–H groups in total. The molecule has 1 aromatic heterocycles. The second-order valence-electron chi connectivity index (χ2n) is 6.79. The van der Waals surface area contributed by atoms with Crippen molar-refractivity contribution in [3.05, 3.63) is 66.7 Å². The van der Waals surface area contributed by atoms with E-state index in [0.29, 0.717) is 18.9 Å². The third-order valence-corrected chi connectivity index (χ3v) is 4.84. The highest BCUT2D eigenvalue weighted by molar-refractivity contribution is 5.73. The van der Waals surface area contributed by atoms with Crippen molar-refractivity contribution in [2.75, 3.05) is 36.4 Å². The van der Waals surface area contributed by atoms with Gasteiger partial charge in [0.05, 0.1) is 0 Å². The molecule has 4 rings (SSSR count). The topological polar surface area (TPSA) is 61.4 Å². The van der Waals surface area contributed by atoms with E-state index in [-0.39, 0.29) is 5.91 Å². The van der Waals surface area contributed by atoms with E-state index >= 15 is 0 Å². The van der Waals surface area contributed by atoms with Crippen LogP contribution in [-0.2, 0) is 4.79 Å². The van der Waals surface area contributed by atoms with Gasteiger partial charge in [0.25, 0.3) is 0 Å². The first-order valence-corrected chi connectivity index (χ1v) is 9.46. The number of hydrogen-bond acceptors (Lipinski definition) is 5. The molecular weight excluding hydrogens is 350 g/mol. The summed E-state index contributed by atoms with van der Waals surface area (Å²) < 4.78 is 0. The number of piperazine rings is 1. The molecule has 0 aliphatic carbocycles. The zero-order valence-electron chi connectivity index (χ0n) is 15.9. The lowest BCUT2D eigenvalue weighted by molar-refractivity contribution is -0.129. The molecule has 0 radical (unpaired) electrons. The Morgan fingerprint density at radius 2 is 1.54 bits per heavy atom. The molecule has 0 bridgehead atoms. The van der Waals surface area contributed by atoms with Crippen molar-refractivity contribution in [1.29, 1.82) is 0 Å². The summed E-state index contributed by atoms with van der Waals surface area (Å²) in [5.41, 5.74) is 1.95. The SMILES string of the molecule is CC(=O)N1CCN(c2cc(Nc3ccccc3)nc(-c3ccccc3)n2)CC1. The van der Waals surface area contributed by atoms with Gasteiger partial charge in [0, 0.05) is 50.4 Å². The van der Waals surface area contributed by atoms with E-state index < -0.39 is 0 Å². The quantitative estimate of drug-likeness (QED) is 0.758. The molecule has 2 heterocycles. The minimum absolute atomic E-state index is 0.124. The van der Waals surface area contributed by atoms with Crippen LogP contribution in [0.25, 0.3) is 11.4 Å². The Morgan fingerprint density at radius 3 is 2.18 bits per heavy atom. The van der Waals surface area contributed by atoms with Crippen LogP contribution >= 0.6 is 0 Å². The van der Waals surface area contributed by atoms with Crippen molar-refractivity contribution in [2.45, 2.75) is 6.92 Å². The number of benzene rings is 2. The van der Waals surface area contributed by atoms with Gasteiger partial charge in [0.15, 0.2) is 5.82 Å². The third kappa shape index (κ3) is 4.11. The summed E-state index contributed by atoms with van der Waals surface area (Å²) in [6.45, 7) is 4.56. The van der Waals surface area contributed by atoms with E-state index in [4.69, 9.17) is 9.97 Å². The molecule has 1 fully saturated rings. The van der Waals surface area contributed by atoms with Gasteiger partial charge < -0.3 is 15.1 Å². The van der Waals surface area contributed by atoms with Crippen molar-refractivity contribution in [3.63, 3.8) is 0 Å². The molecule has 1 aliphatic heterocycles. The van der Waals surface area contributed by atoms with Crippen molar-refractivity contribution in [2.24, 2.45) is 0 Å². The first kappa shape index (κ1) is 18.0. The molecule has 1 saturated heterocycles. The van der Waals surface area contributed by atoms with Crippen LogP contribution in [0, 0.1) is 0 Å². The predicted molar refractivity (Wildman–Crippen MR) is 112 cm³/mol. The highest BCUT2D eigenvalue weighted by Gasteiger charge is 2.21. The van der Waals surface area contributed by atoms with Crippen molar-refractivity contribution in [1.82, 2.24) is 14.9 Å². The van der Waals surface area contributed by atoms with Gasteiger partial charge in [0.2, 0.25) is 5.91 Å². The molecule has 0 spiro atoms. The number of amides is 1. The first-order chi connectivity index (χ1) is 13.7. The predicted octanol–water partition coefficient (Wildman–Crippen LogP) is 3.56. The fourth-order valence-electron chi connectivity index (χ4n) is 3.30. The van der Waals surface area contributed by atoms with Gasteiger partial charge >= 0.3 is 0 Å². The number of aromatic nitrogens is 2. The van der Waals surface area contributed by atoms with Crippen LogP contribution in [0.15, 0.2) is 66.7 Å². The second kappa shape index (κ2) is 8.08. The van der Waals surface area contributed by atoms with Crippen LogP contribution in [0.2, 0.25) is 0 Å². The number of nitrogens with zero attached hydrogens (tertiary/aromatic N) is 4. The molecule has 0 atom stereocenters. The van der Waals surface area contributed by atoms with Gasteiger partial charge in [-0.15, -0.1) is 0 Å². The van der Waals surface area contributed by atoms with Crippen LogP contribution in [0.5, 0.6) is 0 Å². The fraction of sp³-hybridized carbons (Fsp3) is 0.227. The lowest BCUT2D eigenvalue weighted by Crippen LogP contribution is -2.48. The van der Waals surface area contributed by atoms with Crippen LogP contribution in [-0.4, -0.2) is 47.0 Å². The summed E-state index contributed by atoms with van der Waals surface area (Å²) in [7, 11) is 0. The van der Waals surface area contributed by atoms with Gasteiger partial charge in [-0.25, -0.2) is 9.97 Å². The van der Waals surface area contributed by atoms with E-state index in [1.807, 2.05) is 71.6 Å². The fourth-order valence-corrected chi connectivity index (χ4v) is 3.30. The maximum atomic E-state index is 11.6. The summed E-state index contributed by atoms with van der Waals surface area (Å²) in [5.74, 6) is 2.43. The van der Waals surface area contributed by atoms with Crippen molar-refractivity contribution in [3.8, 4) is 11.4 Å². The molecule has 6 heteroatoms. The molecule has 0 unspecified atom stereocenters. The van der Waals surface area contributed by atoms with Gasteiger partial charge in [-0.05, 0) is 12.1 Å². The number of para-hydroxylation sites is 1. The minimum atomic E-state index is 0.124. The second-order valence-corrected chi connectivity index (χ2v) is 6.79. The Labute approximate surface area is 164 Å². The summed E-state index contributed by atoms with van der Waals surface area (Å²) in [6.07, 6.45) is 0. The van der Waals surface area contributed by atoms with Crippen LogP contribution in [0.3, 0.4) is 0 Å². The Hall–Kier alpha value is -3.41. The normalized spacial score (nSPS) is 14.0. The lowest BCUT2D eigenvalue weighted by atomic mass is 10.2. The van der Waals surface area contributed by atoms with E-state index in [9.17, 15) is 4.79 Å². The molecule has 3 aromatic rings. The molecule has 0 saturated carbocycles. The summed E-state index contributed by atoms with van der Waals surface area (Å²) in [5, 5.41) is 3.38. The van der Waals surface area contributed by atoms with Crippen LogP contribution < -0.4 is 10.2 Å². The molecular formula is C22H23N5O. The smallest absolute Gasteiger partial charge is 0.219 e. The van der Waals surface area contributed by atoms with E-state index in [2.05, 4.69) is 10.2 Å². The van der Waals surface area contributed by atoms with E-state index in [1.54, 1.807) is 6.92 Å². The average molecular weight is 373 g/mol. The molecule has 1 aliphatic rings. The van der Waals surface area contributed by atoms with E-state index in [1.165, 1.54) is 0 Å². The van der Waals surface area contributed by atoms with Gasteiger partial charge in [-0.2, -0.15) is 0 Å². The van der Waals surface area contributed by atoms with Crippen molar-refractivity contribution >= 4 is 23.2 Å². The lowest BCUT2D eigenvalue weighted by Gasteiger charge is -2.35. The Kier molecular flexibility index (Phi) is 5.19. The Balaban J connectivity index is 1.65. The summed E-state index contributed by atoms with van der Waals surface area (Å²) in [6, 6.07) is 21.9. The minimum Gasteiger partial charge on any atom is -0.353 e.